The highest BCUT2D eigenvalue weighted by molar-refractivity contribution is 5.25. The molecule has 0 bridgehead atoms. The maximum absolute atomic E-state index is 4.36. The molecule has 2 heterocycles. The third-order valence-corrected chi connectivity index (χ3v) is 3.59. The summed E-state index contributed by atoms with van der Waals surface area (Å²) in [7, 11) is 2.05. The van der Waals surface area contributed by atoms with Crippen LogP contribution >= 0.6 is 0 Å². The third kappa shape index (κ3) is 1.58. The number of nitrogens with one attached hydrogen (secondary N) is 2. The second-order valence-electron chi connectivity index (χ2n) is 4.64. The van der Waals surface area contributed by atoms with Crippen molar-refractivity contribution in [2.24, 2.45) is 7.05 Å². The number of nitrogens with zero attached hydrogens (tertiary/aromatic N) is 2. The van der Waals surface area contributed by atoms with Crippen LogP contribution in [0.2, 0.25) is 0 Å². The average Bonchev–Trinajstić information content (AvgIpc) is 2.55. The maximum atomic E-state index is 4.36. The summed E-state index contributed by atoms with van der Waals surface area (Å²) in [6.07, 6.45) is 5.77. The third-order valence-electron chi connectivity index (χ3n) is 3.59. The Hall–Kier alpha value is -0.870. The van der Waals surface area contributed by atoms with Crippen molar-refractivity contribution in [2.75, 3.05) is 13.1 Å². The molecule has 1 fully saturated rings. The molecule has 1 aliphatic carbocycles. The van der Waals surface area contributed by atoms with Crippen molar-refractivity contribution in [1.29, 1.82) is 0 Å². The van der Waals surface area contributed by atoms with Gasteiger partial charge in [-0.15, -0.1) is 0 Å². The zero-order chi connectivity index (χ0) is 10.3. The number of fused-ring (bicyclic) bond motifs is 1. The lowest BCUT2D eigenvalue weighted by Gasteiger charge is -2.34. The molecule has 4 heteroatoms. The van der Waals surface area contributed by atoms with Crippen molar-refractivity contribution in [3.8, 4) is 0 Å². The summed E-state index contributed by atoms with van der Waals surface area (Å²) in [4.78, 5) is 0. The first-order valence-corrected chi connectivity index (χ1v) is 5.82. The van der Waals surface area contributed by atoms with E-state index in [2.05, 4.69) is 15.7 Å². The van der Waals surface area contributed by atoms with Gasteiger partial charge in [0.05, 0.1) is 6.20 Å². The van der Waals surface area contributed by atoms with E-state index in [-0.39, 0.29) is 0 Å². The van der Waals surface area contributed by atoms with Crippen LogP contribution in [0, 0.1) is 0 Å². The lowest BCUT2D eigenvalue weighted by Crippen LogP contribution is -2.56. The molecule has 0 aromatic carbocycles. The summed E-state index contributed by atoms with van der Waals surface area (Å²) in [5.41, 5.74) is 2.85. The SMILES string of the molecule is Cn1ncc2c1CCCC2NC1CNC1. The molecule has 0 saturated carbocycles. The summed E-state index contributed by atoms with van der Waals surface area (Å²) >= 11 is 0. The summed E-state index contributed by atoms with van der Waals surface area (Å²) in [6, 6.07) is 1.20. The second kappa shape index (κ2) is 3.61. The van der Waals surface area contributed by atoms with Gasteiger partial charge in [-0.05, 0) is 19.3 Å². The zero-order valence-corrected chi connectivity index (χ0v) is 9.16. The molecule has 4 nitrogen and oxygen atoms in total. The van der Waals surface area contributed by atoms with E-state index in [1.165, 1.54) is 30.5 Å². The van der Waals surface area contributed by atoms with Gasteiger partial charge >= 0.3 is 0 Å². The number of aromatic nitrogens is 2. The minimum Gasteiger partial charge on any atom is -0.314 e. The Morgan fingerprint density at radius 2 is 2.40 bits per heavy atom. The van der Waals surface area contributed by atoms with Gasteiger partial charge in [0.25, 0.3) is 0 Å². The van der Waals surface area contributed by atoms with Crippen LogP contribution < -0.4 is 10.6 Å². The van der Waals surface area contributed by atoms with Gasteiger partial charge in [0.15, 0.2) is 0 Å². The zero-order valence-electron chi connectivity index (χ0n) is 9.16. The normalized spacial score (nSPS) is 26.1. The topological polar surface area (TPSA) is 41.9 Å². The predicted octanol–water partition coefficient (Wildman–Crippen LogP) is 0.359. The molecule has 0 spiro atoms. The van der Waals surface area contributed by atoms with Gasteiger partial charge in [-0.3, -0.25) is 4.68 Å². The molecule has 2 aliphatic rings. The molecular formula is C11H18N4. The molecule has 2 N–H and O–H groups in total. The second-order valence-corrected chi connectivity index (χ2v) is 4.64. The van der Waals surface area contributed by atoms with Crippen molar-refractivity contribution in [3.05, 3.63) is 17.5 Å². The van der Waals surface area contributed by atoms with Crippen molar-refractivity contribution in [2.45, 2.75) is 31.3 Å². The van der Waals surface area contributed by atoms with Crippen LogP contribution in [-0.4, -0.2) is 28.9 Å². The first-order chi connectivity index (χ1) is 7.34. The van der Waals surface area contributed by atoms with Crippen molar-refractivity contribution < 1.29 is 0 Å². The Bertz CT molecular complexity index is 353. The first kappa shape index (κ1) is 9.36. The summed E-state index contributed by atoms with van der Waals surface area (Å²) < 4.78 is 2.03. The van der Waals surface area contributed by atoms with Crippen LogP contribution in [0.15, 0.2) is 6.20 Å². The largest absolute Gasteiger partial charge is 0.314 e. The Balaban J connectivity index is 1.79. The molecule has 1 unspecified atom stereocenters. The van der Waals surface area contributed by atoms with Gasteiger partial charge in [-0.2, -0.15) is 5.10 Å². The molecule has 82 valence electrons. The van der Waals surface area contributed by atoms with Crippen molar-refractivity contribution in [3.63, 3.8) is 0 Å². The van der Waals surface area contributed by atoms with Crippen molar-refractivity contribution in [1.82, 2.24) is 20.4 Å². The quantitative estimate of drug-likeness (QED) is 0.734. The van der Waals surface area contributed by atoms with Crippen LogP contribution in [0.25, 0.3) is 0 Å². The fourth-order valence-electron chi connectivity index (χ4n) is 2.57. The molecule has 1 atom stereocenters. The van der Waals surface area contributed by atoms with E-state index in [0.29, 0.717) is 12.1 Å². The van der Waals surface area contributed by atoms with Crippen LogP contribution in [0.1, 0.15) is 30.1 Å². The maximum Gasteiger partial charge on any atom is 0.0540 e. The Morgan fingerprint density at radius 3 is 3.13 bits per heavy atom. The highest BCUT2D eigenvalue weighted by Crippen LogP contribution is 2.29. The number of hydrogen-bond donors (Lipinski definition) is 2. The lowest BCUT2D eigenvalue weighted by molar-refractivity contribution is 0.311. The monoisotopic (exact) mass is 206 g/mol. The predicted molar refractivity (Wildman–Crippen MR) is 58.7 cm³/mol. The van der Waals surface area contributed by atoms with E-state index in [4.69, 9.17) is 0 Å². The van der Waals surface area contributed by atoms with Crippen LogP contribution in [0.5, 0.6) is 0 Å². The van der Waals surface area contributed by atoms with E-state index in [1.54, 1.807) is 0 Å². The lowest BCUT2D eigenvalue weighted by atomic mass is 9.92. The van der Waals surface area contributed by atoms with Gasteiger partial charge in [0.2, 0.25) is 0 Å². The molecule has 1 aromatic rings. The standard InChI is InChI=1S/C11H18N4/c1-15-11-4-2-3-10(9(11)7-13-15)14-8-5-12-6-8/h7-8,10,12,14H,2-6H2,1H3. The van der Waals surface area contributed by atoms with Crippen LogP contribution in [0.4, 0.5) is 0 Å². The van der Waals surface area contributed by atoms with E-state index in [0.717, 1.165) is 13.1 Å². The molecule has 1 saturated heterocycles. The number of aryl methyl sites for hydroxylation is 1. The van der Waals surface area contributed by atoms with Gasteiger partial charge in [-0.25, -0.2) is 0 Å². The Kier molecular flexibility index (Phi) is 2.25. The summed E-state index contributed by atoms with van der Waals surface area (Å²) in [5, 5.41) is 11.4. The molecule has 0 radical (unpaired) electrons. The van der Waals surface area contributed by atoms with Crippen LogP contribution in [-0.2, 0) is 13.5 Å². The molecule has 0 amide bonds. The molecule has 15 heavy (non-hydrogen) atoms. The van der Waals surface area contributed by atoms with E-state index in [1.807, 2.05) is 17.9 Å². The Labute approximate surface area is 90.0 Å². The van der Waals surface area contributed by atoms with Crippen LogP contribution in [0.3, 0.4) is 0 Å². The first-order valence-electron chi connectivity index (χ1n) is 5.82. The highest BCUT2D eigenvalue weighted by Gasteiger charge is 2.27. The fraction of sp³-hybridized carbons (Fsp3) is 0.727. The summed E-state index contributed by atoms with van der Waals surface area (Å²) in [5.74, 6) is 0. The van der Waals surface area contributed by atoms with Gasteiger partial charge in [-0.1, -0.05) is 0 Å². The fourth-order valence-corrected chi connectivity index (χ4v) is 2.57. The molecule has 1 aromatic heterocycles. The average molecular weight is 206 g/mol. The van der Waals surface area contributed by atoms with E-state index >= 15 is 0 Å². The van der Waals surface area contributed by atoms with Gasteiger partial charge < -0.3 is 10.6 Å². The number of hydrogen-bond acceptors (Lipinski definition) is 3. The van der Waals surface area contributed by atoms with Gasteiger partial charge in [0, 0.05) is 43.5 Å². The van der Waals surface area contributed by atoms with E-state index in [9.17, 15) is 0 Å². The molecule has 3 rings (SSSR count). The van der Waals surface area contributed by atoms with Crippen molar-refractivity contribution >= 4 is 0 Å². The Morgan fingerprint density at radius 1 is 1.53 bits per heavy atom. The minimum atomic E-state index is 0.537. The molecular weight excluding hydrogens is 188 g/mol. The smallest absolute Gasteiger partial charge is 0.0540 e. The number of rotatable bonds is 2. The van der Waals surface area contributed by atoms with E-state index < -0.39 is 0 Å². The summed E-state index contributed by atoms with van der Waals surface area (Å²) in [6.45, 7) is 2.23. The highest BCUT2D eigenvalue weighted by atomic mass is 15.3. The molecule has 1 aliphatic heterocycles. The van der Waals surface area contributed by atoms with Gasteiger partial charge in [0.1, 0.15) is 0 Å². The minimum absolute atomic E-state index is 0.537.